The first kappa shape index (κ1) is 19.5. The van der Waals surface area contributed by atoms with Crippen LogP contribution in [0.1, 0.15) is 33.1 Å². The summed E-state index contributed by atoms with van der Waals surface area (Å²) in [5, 5.41) is 8.97. The number of piperidine rings is 1. The van der Waals surface area contributed by atoms with Gasteiger partial charge in [-0.05, 0) is 57.8 Å². The van der Waals surface area contributed by atoms with Crippen LogP contribution in [0.15, 0.2) is 35.5 Å². The third-order valence-corrected chi connectivity index (χ3v) is 4.06. The second-order valence-electron chi connectivity index (χ2n) is 5.68. The van der Waals surface area contributed by atoms with Crippen molar-refractivity contribution < 1.29 is 23.1 Å². The maximum Gasteiger partial charge on any atom is 0.416 e. The molecule has 0 radical (unpaired) electrons. The number of hydrogen-bond donors (Lipinski definition) is 1. The quantitative estimate of drug-likeness (QED) is 0.586. The number of nitrogens with zero attached hydrogens (tertiary/aromatic N) is 1. The Morgan fingerprint density at radius 2 is 1.91 bits per heavy atom. The first-order valence-corrected chi connectivity index (χ1v) is 7.85. The molecule has 1 rings (SSSR count). The van der Waals surface area contributed by atoms with Gasteiger partial charge in [0.2, 0.25) is 0 Å². The number of allylic oxidation sites excluding steroid dienone is 4. The number of hydrogen-bond acceptors (Lipinski definition) is 2. The lowest BCUT2D eigenvalue weighted by molar-refractivity contribution is -0.132. The molecule has 130 valence electrons. The summed E-state index contributed by atoms with van der Waals surface area (Å²) >= 11 is 0. The fourth-order valence-corrected chi connectivity index (χ4v) is 2.62. The fourth-order valence-electron chi connectivity index (χ4n) is 2.62. The van der Waals surface area contributed by atoms with E-state index >= 15 is 0 Å². The summed E-state index contributed by atoms with van der Waals surface area (Å²) in [4.78, 5) is 13.3. The maximum atomic E-state index is 13.1. The van der Waals surface area contributed by atoms with Gasteiger partial charge in [-0.15, -0.1) is 0 Å². The first-order chi connectivity index (χ1) is 10.8. The molecule has 1 fully saturated rings. The van der Waals surface area contributed by atoms with E-state index in [-0.39, 0.29) is 11.5 Å². The fraction of sp³-hybridized carbons (Fsp3) is 0.588. The standard InChI is InChI=1S/C17H24F3NO2/c1-3-5-14(16(22)23)12-15(17(18,19)20)7-6-13-8-10-21(4-2)11-9-13/h3,5,7,12-13H,4,6,8-11H2,1-2H3,(H,22,23)/b5-3-,14-12+,15-7-. The predicted molar refractivity (Wildman–Crippen MR) is 84.1 cm³/mol. The molecule has 1 aliphatic rings. The van der Waals surface area contributed by atoms with Gasteiger partial charge in [-0.2, -0.15) is 13.2 Å². The highest BCUT2D eigenvalue weighted by molar-refractivity contribution is 5.90. The van der Waals surface area contributed by atoms with Crippen molar-refractivity contribution in [3.63, 3.8) is 0 Å². The van der Waals surface area contributed by atoms with Gasteiger partial charge >= 0.3 is 12.1 Å². The van der Waals surface area contributed by atoms with Crippen LogP contribution in [-0.2, 0) is 4.79 Å². The number of halogens is 3. The zero-order valence-corrected chi connectivity index (χ0v) is 13.6. The van der Waals surface area contributed by atoms with Crippen LogP contribution in [0, 0.1) is 5.92 Å². The number of carbonyl (C=O) groups is 1. The molecule has 1 heterocycles. The Bertz CT molecular complexity index is 485. The van der Waals surface area contributed by atoms with Gasteiger partial charge in [-0.25, -0.2) is 4.79 Å². The average Bonchev–Trinajstić information content (AvgIpc) is 2.49. The first-order valence-electron chi connectivity index (χ1n) is 7.85. The molecule has 0 aliphatic carbocycles. The summed E-state index contributed by atoms with van der Waals surface area (Å²) in [5.41, 5.74) is -1.25. The number of likely N-dealkylation sites (tertiary alicyclic amines) is 1. The Labute approximate surface area is 135 Å². The summed E-state index contributed by atoms with van der Waals surface area (Å²) in [7, 11) is 0. The van der Waals surface area contributed by atoms with Gasteiger partial charge in [-0.1, -0.05) is 25.2 Å². The Morgan fingerprint density at radius 1 is 1.30 bits per heavy atom. The monoisotopic (exact) mass is 331 g/mol. The van der Waals surface area contributed by atoms with Gasteiger partial charge in [0.15, 0.2) is 0 Å². The lowest BCUT2D eigenvalue weighted by Crippen LogP contribution is -2.33. The smallest absolute Gasteiger partial charge is 0.416 e. The molecule has 0 saturated carbocycles. The lowest BCUT2D eigenvalue weighted by atomic mass is 9.92. The molecular weight excluding hydrogens is 307 g/mol. The molecule has 1 N–H and O–H groups in total. The highest BCUT2D eigenvalue weighted by atomic mass is 19.4. The second kappa shape index (κ2) is 8.91. The minimum atomic E-state index is -4.55. The van der Waals surface area contributed by atoms with Crippen LogP contribution >= 0.6 is 0 Å². The van der Waals surface area contributed by atoms with E-state index in [9.17, 15) is 18.0 Å². The van der Waals surface area contributed by atoms with E-state index in [1.165, 1.54) is 12.2 Å². The third kappa shape index (κ3) is 6.60. The molecule has 0 aromatic heterocycles. The van der Waals surface area contributed by atoms with Crippen LogP contribution < -0.4 is 0 Å². The Hall–Kier alpha value is -1.56. The van der Waals surface area contributed by atoms with Crippen LogP contribution in [0.3, 0.4) is 0 Å². The van der Waals surface area contributed by atoms with E-state index in [2.05, 4.69) is 11.8 Å². The molecule has 0 unspecified atom stereocenters. The third-order valence-electron chi connectivity index (χ3n) is 4.06. The number of carboxylic acids is 1. The Morgan fingerprint density at radius 3 is 2.35 bits per heavy atom. The zero-order chi connectivity index (χ0) is 17.5. The van der Waals surface area contributed by atoms with Crippen molar-refractivity contribution in [1.82, 2.24) is 4.90 Å². The van der Waals surface area contributed by atoms with Gasteiger partial charge < -0.3 is 10.0 Å². The summed E-state index contributed by atoms with van der Waals surface area (Å²) in [6, 6.07) is 0. The van der Waals surface area contributed by atoms with E-state index in [0.29, 0.717) is 12.5 Å². The van der Waals surface area contributed by atoms with Gasteiger partial charge in [0.05, 0.1) is 11.1 Å². The van der Waals surface area contributed by atoms with Gasteiger partial charge in [0, 0.05) is 0 Å². The molecule has 0 aromatic rings. The minimum absolute atomic E-state index is 0.221. The van der Waals surface area contributed by atoms with Crippen molar-refractivity contribution in [3.8, 4) is 0 Å². The van der Waals surface area contributed by atoms with Crippen LogP contribution in [0.2, 0.25) is 0 Å². The molecule has 0 atom stereocenters. The predicted octanol–water partition coefficient (Wildman–Crippen LogP) is 4.18. The van der Waals surface area contributed by atoms with Crippen LogP contribution in [0.5, 0.6) is 0 Å². The van der Waals surface area contributed by atoms with Gasteiger partial charge in [-0.3, -0.25) is 0 Å². The van der Waals surface area contributed by atoms with Crippen molar-refractivity contribution in [1.29, 1.82) is 0 Å². The minimum Gasteiger partial charge on any atom is -0.478 e. The highest BCUT2D eigenvalue weighted by Crippen LogP contribution is 2.30. The van der Waals surface area contributed by atoms with Crippen molar-refractivity contribution in [2.24, 2.45) is 5.92 Å². The number of alkyl halides is 3. The molecule has 1 aliphatic heterocycles. The molecule has 0 amide bonds. The molecule has 1 saturated heterocycles. The summed E-state index contributed by atoms with van der Waals surface area (Å²) in [6.07, 6.45) is 1.95. The Balaban J connectivity index is 2.86. The summed E-state index contributed by atoms with van der Waals surface area (Å²) < 4.78 is 39.4. The maximum absolute atomic E-state index is 13.1. The van der Waals surface area contributed by atoms with Crippen molar-refractivity contribution in [3.05, 3.63) is 35.5 Å². The number of rotatable bonds is 6. The number of carboxylic acid groups (broad SMARTS) is 1. The molecule has 6 heteroatoms. The van der Waals surface area contributed by atoms with Crippen LogP contribution in [0.25, 0.3) is 0 Å². The van der Waals surface area contributed by atoms with E-state index in [1.807, 2.05) is 0 Å². The molecular formula is C17H24F3NO2. The lowest BCUT2D eigenvalue weighted by Gasteiger charge is -2.30. The average molecular weight is 331 g/mol. The van der Waals surface area contributed by atoms with E-state index in [1.54, 1.807) is 6.92 Å². The van der Waals surface area contributed by atoms with E-state index < -0.39 is 17.7 Å². The van der Waals surface area contributed by atoms with Gasteiger partial charge in [0.25, 0.3) is 0 Å². The highest BCUT2D eigenvalue weighted by Gasteiger charge is 2.33. The van der Waals surface area contributed by atoms with Crippen molar-refractivity contribution in [2.45, 2.75) is 39.3 Å². The molecule has 0 spiro atoms. The molecule has 0 bridgehead atoms. The summed E-state index contributed by atoms with van der Waals surface area (Å²) in [5.74, 6) is -1.15. The van der Waals surface area contributed by atoms with Crippen LogP contribution in [0.4, 0.5) is 13.2 Å². The topological polar surface area (TPSA) is 40.5 Å². The largest absolute Gasteiger partial charge is 0.478 e. The second-order valence-corrected chi connectivity index (χ2v) is 5.68. The van der Waals surface area contributed by atoms with E-state index in [4.69, 9.17) is 5.11 Å². The van der Waals surface area contributed by atoms with Crippen molar-refractivity contribution >= 4 is 5.97 Å². The SMILES string of the molecule is C\C=C/C(=C\C(=C\CC1CCN(CC)CC1)C(F)(F)F)C(=O)O. The molecule has 3 nitrogen and oxygen atoms in total. The van der Waals surface area contributed by atoms with Crippen LogP contribution in [-0.4, -0.2) is 41.8 Å². The van der Waals surface area contributed by atoms with Gasteiger partial charge in [0.1, 0.15) is 0 Å². The normalized spacial score (nSPS) is 19.5. The van der Waals surface area contributed by atoms with E-state index in [0.717, 1.165) is 38.6 Å². The van der Waals surface area contributed by atoms with Crippen molar-refractivity contribution in [2.75, 3.05) is 19.6 Å². The molecule has 23 heavy (non-hydrogen) atoms. The number of aliphatic carboxylic acids is 1. The zero-order valence-electron chi connectivity index (χ0n) is 13.6. The summed E-state index contributed by atoms with van der Waals surface area (Å²) in [6.45, 7) is 6.41. The Kier molecular flexibility index (Phi) is 7.55. The molecule has 0 aromatic carbocycles.